The highest BCUT2D eigenvalue weighted by atomic mass is 16.3. The maximum Gasteiger partial charge on any atom is 0.291 e. The van der Waals surface area contributed by atoms with Crippen LogP contribution in [0, 0.1) is 0 Å². The summed E-state index contributed by atoms with van der Waals surface area (Å²) in [5.74, 6) is 0.00658. The van der Waals surface area contributed by atoms with Gasteiger partial charge in [-0.15, -0.1) is 0 Å². The molecule has 1 aromatic carbocycles. The van der Waals surface area contributed by atoms with E-state index in [-0.39, 0.29) is 11.7 Å². The zero-order valence-corrected chi connectivity index (χ0v) is 9.98. The number of anilines is 1. The summed E-state index contributed by atoms with van der Waals surface area (Å²) in [6.45, 7) is 0. The molecule has 3 rings (SSSR count). The van der Waals surface area contributed by atoms with E-state index in [0.717, 1.165) is 5.69 Å². The largest absolute Gasteiger partial charge is 0.459 e. The topological polar surface area (TPSA) is 60.1 Å². The lowest BCUT2D eigenvalue weighted by atomic mass is 10.2. The number of benzene rings is 1. The minimum absolute atomic E-state index is 0.275. The third kappa shape index (κ3) is 2.40. The van der Waals surface area contributed by atoms with E-state index >= 15 is 0 Å². The van der Waals surface area contributed by atoms with Crippen molar-refractivity contribution in [3.63, 3.8) is 0 Å². The van der Waals surface area contributed by atoms with Gasteiger partial charge in [-0.1, -0.05) is 6.07 Å². The Morgan fingerprint density at radius 3 is 2.89 bits per heavy atom. The smallest absolute Gasteiger partial charge is 0.291 e. The molecule has 0 bridgehead atoms. The molecule has 19 heavy (non-hydrogen) atoms. The summed E-state index contributed by atoms with van der Waals surface area (Å²) in [6.07, 6.45) is 5.01. The van der Waals surface area contributed by atoms with Gasteiger partial charge in [0, 0.05) is 18.1 Å². The van der Waals surface area contributed by atoms with Crippen molar-refractivity contribution in [3.8, 4) is 5.69 Å². The van der Waals surface area contributed by atoms with Gasteiger partial charge in [0.2, 0.25) is 0 Å². The number of carbonyl (C=O) groups excluding carboxylic acids is 1. The van der Waals surface area contributed by atoms with Gasteiger partial charge in [0.05, 0.1) is 12.0 Å². The summed E-state index contributed by atoms with van der Waals surface area (Å²) in [5, 5.41) is 6.91. The van der Waals surface area contributed by atoms with E-state index in [0.29, 0.717) is 5.69 Å². The van der Waals surface area contributed by atoms with Crippen LogP contribution >= 0.6 is 0 Å². The standard InChI is InChI=1S/C14H11N3O2/c18-14(13-6-2-9-19-13)16-11-4-1-5-12(10-11)17-8-3-7-15-17/h1-10H,(H,16,18). The highest BCUT2D eigenvalue weighted by Gasteiger charge is 2.08. The fourth-order valence-electron chi connectivity index (χ4n) is 1.75. The summed E-state index contributed by atoms with van der Waals surface area (Å²) < 4.78 is 6.77. The van der Waals surface area contributed by atoms with E-state index in [1.165, 1.54) is 6.26 Å². The average Bonchev–Trinajstić information content (AvgIpc) is 3.13. The van der Waals surface area contributed by atoms with E-state index in [2.05, 4.69) is 10.4 Å². The van der Waals surface area contributed by atoms with Gasteiger partial charge in [-0.05, 0) is 36.4 Å². The summed E-state index contributed by atoms with van der Waals surface area (Å²) in [5.41, 5.74) is 1.57. The Kier molecular flexibility index (Phi) is 2.86. The second-order valence-corrected chi connectivity index (χ2v) is 3.93. The second-order valence-electron chi connectivity index (χ2n) is 3.93. The van der Waals surface area contributed by atoms with Gasteiger partial charge in [0.1, 0.15) is 0 Å². The van der Waals surface area contributed by atoms with Gasteiger partial charge in [0.15, 0.2) is 5.76 Å². The lowest BCUT2D eigenvalue weighted by Gasteiger charge is -2.06. The van der Waals surface area contributed by atoms with Crippen molar-refractivity contribution < 1.29 is 9.21 Å². The van der Waals surface area contributed by atoms with Crippen molar-refractivity contribution in [2.45, 2.75) is 0 Å². The third-order valence-electron chi connectivity index (χ3n) is 2.62. The molecule has 0 unspecified atom stereocenters. The van der Waals surface area contributed by atoms with Crippen LogP contribution in [-0.2, 0) is 0 Å². The Labute approximate surface area is 109 Å². The molecule has 3 aromatic rings. The summed E-state index contributed by atoms with van der Waals surface area (Å²) in [4.78, 5) is 11.8. The predicted octanol–water partition coefficient (Wildman–Crippen LogP) is 2.72. The van der Waals surface area contributed by atoms with Crippen LogP contribution in [0.4, 0.5) is 5.69 Å². The first-order valence-electron chi connectivity index (χ1n) is 5.78. The number of hydrogen-bond acceptors (Lipinski definition) is 3. The Morgan fingerprint density at radius 2 is 2.16 bits per heavy atom. The summed E-state index contributed by atoms with van der Waals surface area (Å²) in [7, 11) is 0. The molecule has 0 saturated heterocycles. The number of furan rings is 1. The van der Waals surface area contributed by atoms with E-state index in [1.807, 2.05) is 36.5 Å². The Hall–Kier alpha value is -2.82. The van der Waals surface area contributed by atoms with Gasteiger partial charge in [-0.2, -0.15) is 5.10 Å². The monoisotopic (exact) mass is 253 g/mol. The zero-order valence-electron chi connectivity index (χ0n) is 9.98. The van der Waals surface area contributed by atoms with Gasteiger partial charge in [-0.25, -0.2) is 4.68 Å². The number of rotatable bonds is 3. The second kappa shape index (κ2) is 4.81. The molecule has 2 aromatic heterocycles. The number of hydrogen-bond donors (Lipinski definition) is 1. The van der Waals surface area contributed by atoms with Crippen molar-refractivity contribution in [1.82, 2.24) is 9.78 Å². The Morgan fingerprint density at radius 1 is 1.21 bits per heavy atom. The molecule has 2 heterocycles. The van der Waals surface area contributed by atoms with Crippen LogP contribution in [0.5, 0.6) is 0 Å². The average molecular weight is 253 g/mol. The van der Waals surface area contributed by atoms with Crippen LogP contribution in [0.1, 0.15) is 10.6 Å². The van der Waals surface area contributed by atoms with Gasteiger partial charge >= 0.3 is 0 Å². The molecule has 1 N–H and O–H groups in total. The van der Waals surface area contributed by atoms with E-state index < -0.39 is 0 Å². The fourth-order valence-corrected chi connectivity index (χ4v) is 1.75. The maximum absolute atomic E-state index is 11.8. The highest BCUT2D eigenvalue weighted by Crippen LogP contribution is 2.15. The summed E-state index contributed by atoms with van der Waals surface area (Å²) in [6, 6.07) is 12.6. The molecule has 5 nitrogen and oxygen atoms in total. The van der Waals surface area contributed by atoms with Crippen molar-refractivity contribution in [1.29, 1.82) is 0 Å². The molecule has 1 amide bonds. The van der Waals surface area contributed by atoms with Crippen LogP contribution in [0.3, 0.4) is 0 Å². The minimum Gasteiger partial charge on any atom is -0.459 e. The number of carbonyl (C=O) groups is 1. The number of nitrogens with one attached hydrogen (secondary N) is 1. The zero-order chi connectivity index (χ0) is 13.1. The molecule has 0 spiro atoms. The third-order valence-corrected chi connectivity index (χ3v) is 2.62. The molecule has 0 aliphatic carbocycles. The number of aromatic nitrogens is 2. The van der Waals surface area contributed by atoms with Crippen molar-refractivity contribution in [2.75, 3.05) is 5.32 Å². The van der Waals surface area contributed by atoms with Crippen LogP contribution in [0.25, 0.3) is 5.69 Å². The molecular weight excluding hydrogens is 242 g/mol. The van der Waals surface area contributed by atoms with Crippen molar-refractivity contribution >= 4 is 11.6 Å². The van der Waals surface area contributed by atoms with E-state index in [9.17, 15) is 4.79 Å². The molecule has 0 fully saturated rings. The molecule has 0 radical (unpaired) electrons. The normalized spacial score (nSPS) is 10.3. The quantitative estimate of drug-likeness (QED) is 0.780. The van der Waals surface area contributed by atoms with Crippen LogP contribution < -0.4 is 5.32 Å². The molecular formula is C14H11N3O2. The molecule has 5 heteroatoms. The molecule has 94 valence electrons. The minimum atomic E-state index is -0.275. The fraction of sp³-hybridized carbons (Fsp3) is 0. The molecule has 0 saturated carbocycles. The number of nitrogens with zero attached hydrogens (tertiary/aromatic N) is 2. The SMILES string of the molecule is O=C(Nc1cccc(-n2cccn2)c1)c1ccco1. The first-order valence-corrected chi connectivity index (χ1v) is 5.78. The molecule has 0 atom stereocenters. The van der Waals surface area contributed by atoms with Gasteiger partial charge in [0.25, 0.3) is 5.91 Å². The molecule has 0 aliphatic heterocycles. The Bertz CT molecular complexity index is 673. The number of amides is 1. The summed E-state index contributed by atoms with van der Waals surface area (Å²) >= 11 is 0. The van der Waals surface area contributed by atoms with Crippen molar-refractivity contribution in [2.24, 2.45) is 0 Å². The maximum atomic E-state index is 11.8. The lowest BCUT2D eigenvalue weighted by Crippen LogP contribution is -2.11. The van der Waals surface area contributed by atoms with Crippen LogP contribution in [0.15, 0.2) is 65.5 Å². The van der Waals surface area contributed by atoms with Gasteiger partial charge in [-0.3, -0.25) is 4.79 Å². The predicted molar refractivity (Wildman–Crippen MR) is 70.2 cm³/mol. The van der Waals surface area contributed by atoms with Crippen LogP contribution in [0.2, 0.25) is 0 Å². The highest BCUT2D eigenvalue weighted by molar-refractivity contribution is 6.02. The molecule has 0 aliphatic rings. The van der Waals surface area contributed by atoms with E-state index in [1.54, 1.807) is 23.0 Å². The Balaban J connectivity index is 1.82. The lowest BCUT2D eigenvalue weighted by molar-refractivity contribution is 0.0996. The van der Waals surface area contributed by atoms with Gasteiger partial charge < -0.3 is 9.73 Å². The first kappa shape index (κ1) is 11.3. The first-order chi connectivity index (χ1) is 9.33. The van der Waals surface area contributed by atoms with Crippen molar-refractivity contribution in [3.05, 3.63) is 66.9 Å². The van der Waals surface area contributed by atoms with E-state index in [4.69, 9.17) is 4.42 Å². The van der Waals surface area contributed by atoms with Crippen LogP contribution in [-0.4, -0.2) is 15.7 Å².